The van der Waals surface area contributed by atoms with Gasteiger partial charge in [-0.1, -0.05) is 0 Å². The molecule has 0 saturated carbocycles. The molecule has 0 aliphatic carbocycles. The molecular weight excluding hydrogens is 246 g/mol. The third-order valence-electron chi connectivity index (χ3n) is 1.56. The van der Waals surface area contributed by atoms with Gasteiger partial charge >= 0.3 is 0 Å². The molecule has 0 saturated heterocycles. The van der Waals surface area contributed by atoms with Gasteiger partial charge in [-0.3, -0.25) is 4.79 Å². The first-order chi connectivity index (χ1) is 6.06. The fourth-order valence-electron chi connectivity index (χ4n) is 0.993. The molecule has 1 heterocycles. The van der Waals surface area contributed by atoms with E-state index in [9.17, 15) is 13.6 Å². The smallest absolute Gasteiger partial charge is 0.266 e. The molecular formula is C7H7BrF2N2O. The Labute approximate surface area is 81.1 Å². The summed E-state index contributed by atoms with van der Waals surface area (Å²) in [4.78, 5) is 13.1. The maximum atomic E-state index is 12.4. The number of pyridine rings is 1. The fraction of sp³-hybridized carbons (Fsp3) is 0.286. The Bertz CT molecular complexity index is 364. The SMILES string of the molecule is NCc1cc(=O)[nH]c(Br)c1C(F)F. The van der Waals surface area contributed by atoms with Gasteiger partial charge in [0.1, 0.15) is 0 Å². The molecule has 3 nitrogen and oxygen atoms in total. The molecule has 72 valence electrons. The number of aromatic nitrogens is 1. The Balaban J connectivity index is 3.38. The van der Waals surface area contributed by atoms with Gasteiger partial charge < -0.3 is 10.7 Å². The molecule has 0 aliphatic heterocycles. The molecule has 0 aliphatic rings. The van der Waals surface area contributed by atoms with Crippen molar-refractivity contribution < 1.29 is 8.78 Å². The Morgan fingerprint density at radius 1 is 1.62 bits per heavy atom. The van der Waals surface area contributed by atoms with Gasteiger partial charge in [-0.25, -0.2) is 8.78 Å². The van der Waals surface area contributed by atoms with Gasteiger partial charge in [-0.15, -0.1) is 0 Å². The first-order valence-electron chi connectivity index (χ1n) is 3.46. The van der Waals surface area contributed by atoms with Crippen LogP contribution in [-0.4, -0.2) is 4.98 Å². The van der Waals surface area contributed by atoms with Crippen LogP contribution in [0.1, 0.15) is 17.6 Å². The molecule has 0 radical (unpaired) electrons. The predicted molar refractivity (Wildman–Crippen MR) is 47.6 cm³/mol. The van der Waals surface area contributed by atoms with Gasteiger partial charge in [0.25, 0.3) is 6.43 Å². The molecule has 0 unspecified atom stereocenters. The van der Waals surface area contributed by atoms with Gasteiger partial charge in [-0.05, 0) is 21.5 Å². The molecule has 1 rings (SSSR count). The summed E-state index contributed by atoms with van der Waals surface area (Å²) in [7, 11) is 0. The summed E-state index contributed by atoms with van der Waals surface area (Å²) in [6.07, 6.45) is -2.65. The molecule has 0 aromatic carbocycles. The highest BCUT2D eigenvalue weighted by Gasteiger charge is 2.16. The van der Waals surface area contributed by atoms with Crippen LogP contribution in [0.2, 0.25) is 0 Å². The molecule has 0 fully saturated rings. The number of alkyl halides is 2. The number of hydrogen-bond acceptors (Lipinski definition) is 2. The lowest BCUT2D eigenvalue weighted by Crippen LogP contribution is -2.13. The van der Waals surface area contributed by atoms with Crippen LogP contribution < -0.4 is 11.3 Å². The Morgan fingerprint density at radius 2 is 2.23 bits per heavy atom. The van der Waals surface area contributed by atoms with E-state index in [0.29, 0.717) is 0 Å². The molecule has 0 spiro atoms. The minimum atomic E-state index is -2.65. The molecule has 0 bridgehead atoms. The third kappa shape index (κ3) is 2.13. The van der Waals surface area contributed by atoms with Crippen LogP contribution in [0.25, 0.3) is 0 Å². The van der Waals surface area contributed by atoms with E-state index in [1.54, 1.807) is 0 Å². The standard InChI is InChI=1S/C7H7BrF2N2O/c8-6-5(7(9)10)3(2-11)1-4(13)12-6/h1,7H,2,11H2,(H,12,13). The molecule has 13 heavy (non-hydrogen) atoms. The van der Waals surface area contributed by atoms with Crippen molar-refractivity contribution in [3.05, 3.63) is 32.2 Å². The van der Waals surface area contributed by atoms with Crippen LogP contribution in [-0.2, 0) is 6.54 Å². The number of halogens is 3. The summed E-state index contributed by atoms with van der Waals surface area (Å²) in [5.74, 6) is 0. The summed E-state index contributed by atoms with van der Waals surface area (Å²) in [5.41, 5.74) is 4.68. The molecule has 6 heteroatoms. The van der Waals surface area contributed by atoms with Crippen LogP contribution in [0, 0.1) is 0 Å². The van der Waals surface area contributed by atoms with E-state index in [1.807, 2.05) is 0 Å². The second-order valence-electron chi connectivity index (χ2n) is 2.39. The van der Waals surface area contributed by atoms with Crippen molar-refractivity contribution in [3.63, 3.8) is 0 Å². The summed E-state index contributed by atoms with van der Waals surface area (Å²) in [5, 5.41) is 0. The second kappa shape index (κ2) is 3.97. The van der Waals surface area contributed by atoms with E-state index in [4.69, 9.17) is 5.73 Å². The predicted octanol–water partition coefficient (Wildman–Crippen LogP) is 1.53. The lowest BCUT2D eigenvalue weighted by molar-refractivity contribution is 0.148. The van der Waals surface area contributed by atoms with Gasteiger partial charge in [0.2, 0.25) is 5.56 Å². The zero-order chi connectivity index (χ0) is 10.0. The van der Waals surface area contributed by atoms with Crippen molar-refractivity contribution >= 4 is 15.9 Å². The Kier molecular flexibility index (Phi) is 3.16. The molecule has 1 aromatic heterocycles. The van der Waals surface area contributed by atoms with E-state index in [0.717, 1.165) is 6.07 Å². The normalized spacial score (nSPS) is 10.8. The van der Waals surface area contributed by atoms with Crippen LogP contribution in [0.3, 0.4) is 0 Å². The average Bonchev–Trinajstić information content (AvgIpc) is 2.01. The molecule has 1 aromatic rings. The maximum absolute atomic E-state index is 12.4. The highest BCUT2D eigenvalue weighted by atomic mass is 79.9. The van der Waals surface area contributed by atoms with Crippen LogP contribution in [0.5, 0.6) is 0 Å². The summed E-state index contributed by atoms with van der Waals surface area (Å²) in [6.45, 7) is -0.0812. The molecule has 3 N–H and O–H groups in total. The third-order valence-corrected chi connectivity index (χ3v) is 2.18. The van der Waals surface area contributed by atoms with E-state index < -0.39 is 12.0 Å². The quantitative estimate of drug-likeness (QED) is 0.785. The van der Waals surface area contributed by atoms with Gasteiger partial charge in [0, 0.05) is 12.6 Å². The van der Waals surface area contributed by atoms with Crippen molar-refractivity contribution in [2.24, 2.45) is 5.73 Å². The molecule has 0 atom stereocenters. The lowest BCUT2D eigenvalue weighted by Gasteiger charge is -2.07. The van der Waals surface area contributed by atoms with Crippen LogP contribution >= 0.6 is 15.9 Å². The lowest BCUT2D eigenvalue weighted by atomic mass is 10.1. The maximum Gasteiger partial charge on any atom is 0.266 e. The minimum absolute atomic E-state index is 0.00421. The monoisotopic (exact) mass is 252 g/mol. The first-order valence-corrected chi connectivity index (χ1v) is 4.25. The topological polar surface area (TPSA) is 58.9 Å². The fourth-order valence-corrected chi connectivity index (χ4v) is 1.62. The number of rotatable bonds is 2. The minimum Gasteiger partial charge on any atom is -0.326 e. The highest BCUT2D eigenvalue weighted by Crippen LogP contribution is 2.27. The number of nitrogens with two attached hydrogens (primary N) is 1. The second-order valence-corrected chi connectivity index (χ2v) is 3.18. The number of aromatic amines is 1. The number of hydrogen-bond donors (Lipinski definition) is 2. The number of H-pyrrole nitrogens is 1. The van der Waals surface area contributed by atoms with Crippen LogP contribution in [0.15, 0.2) is 15.5 Å². The summed E-state index contributed by atoms with van der Waals surface area (Å²) >= 11 is 2.85. The van der Waals surface area contributed by atoms with Crippen LogP contribution in [0.4, 0.5) is 8.78 Å². The van der Waals surface area contributed by atoms with Crippen molar-refractivity contribution in [3.8, 4) is 0 Å². The Morgan fingerprint density at radius 3 is 2.69 bits per heavy atom. The van der Waals surface area contributed by atoms with Gasteiger partial charge in [-0.2, -0.15) is 0 Å². The van der Waals surface area contributed by atoms with Gasteiger partial charge in [0.15, 0.2) is 0 Å². The summed E-state index contributed by atoms with van der Waals surface area (Å²) in [6, 6.07) is 1.08. The summed E-state index contributed by atoms with van der Waals surface area (Å²) < 4.78 is 24.8. The van der Waals surface area contributed by atoms with Gasteiger partial charge in [0.05, 0.1) is 10.2 Å². The van der Waals surface area contributed by atoms with E-state index in [1.165, 1.54) is 0 Å². The van der Waals surface area contributed by atoms with Crippen molar-refractivity contribution in [2.75, 3.05) is 0 Å². The Hall–Kier alpha value is -0.750. The molecule has 0 amide bonds. The average molecular weight is 253 g/mol. The van der Waals surface area contributed by atoms with E-state index >= 15 is 0 Å². The van der Waals surface area contributed by atoms with Crippen molar-refractivity contribution in [2.45, 2.75) is 13.0 Å². The first kappa shape index (κ1) is 10.3. The van der Waals surface area contributed by atoms with E-state index in [2.05, 4.69) is 20.9 Å². The largest absolute Gasteiger partial charge is 0.326 e. The number of nitrogens with one attached hydrogen (secondary N) is 1. The van der Waals surface area contributed by atoms with E-state index in [-0.39, 0.29) is 22.3 Å². The van der Waals surface area contributed by atoms with Crippen molar-refractivity contribution in [1.29, 1.82) is 0 Å². The van der Waals surface area contributed by atoms with Crippen molar-refractivity contribution in [1.82, 2.24) is 4.98 Å². The zero-order valence-corrected chi connectivity index (χ0v) is 8.07. The highest BCUT2D eigenvalue weighted by molar-refractivity contribution is 9.10. The zero-order valence-electron chi connectivity index (χ0n) is 6.48.